The second-order valence-corrected chi connectivity index (χ2v) is 10.4. The number of pyridine rings is 1. The third kappa shape index (κ3) is 6.93. The van der Waals surface area contributed by atoms with Crippen LogP contribution in [0.3, 0.4) is 0 Å². The fraction of sp³-hybridized carbons (Fsp3) is 0.464. The molecular formula is C28H34F3N3OS. The molecule has 1 unspecified atom stereocenters. The number of aromatic nitrogens is 1. The Hall–Kier alpha value is -2.29. The van der Waals surface area contributed by atoms with Gasteiger partial charge in [-0.05, 0) is 67.8 Å². The number of rotatable bonds is 10. The zero-order valence-corrected chi connectivity index (χ0v) is 21.7. The molecule has 0 bridgehead atoms. The van der Waals surface area contributed by atoms with E-state index in [4.69, 9.17) is 4.74 Å². The highest BCUT2D eigenvalue weighted by Crippen LogP contribution is 2.34. The van der Waals surface area contributed by atoms with Gasteiger partial charge in [0.1, 0.15) is 0 Å². The van der Waals surface area contributed by atoms with Gasteiger partial charge in [0.05, 0.1) is 17.2 Å². The molecule has 0 radical (unpaired) electrons. The van der Waals surface area contributed by atoms with Crippen molar-refractivity contribution in [2.24, 2.45) is 0 Å². The fourth-order valence-corrected chi connectivity index (χ4v) is 5.59. The third-order valence-corrected chi connectivity index (χ3v) is 7.75. The molecule has 0 aliphatic carbocycles. The lowest BCUT2D eigenvalue weighted by Crippen LogP contribution is -2.43. The van der Waals surface area contributed by atoms with Crippen molar-refractivity contribution in [3.05, 3.63) is 65.4 Å². The molecule has 1 aliphatic rings. The van der Waals surface area contributed by atoms with Crippen molar-refractivity contribution in [2.75, 3.05) is 43.4 Å². The fourth-order valence-electron chi connectivity index (χ4n) is 4.54. The zero-order chi connectivity index (χ0) is 25.5. The Morgan fingerprint density at radius 2 is 1.86 bits per heavy atom. The van der Waals surface area contributed by atoms with Gasteiger partial charge in [0, 0.05) is 55.0 Å². The summed E-state index contributed by atoms with van der Waals surface area (Å²) >= 11 is 1.67. The Kier molecular flexibility index (Phi) is 9.14. The van der Waals surface area contributed by atoms with Gasteiger partial charge in [0.2, 0.25) is 0 Å². The Morgan fingerprint density at radius 1 is 1.06 bits per heavy atom. The molecule has 1 fully saturated rings. The molecule has 2 heterocycles. The smallest absolute Gasteiger partial charge is 0.374 e. The van der Waals surface area contributed by atoms with Crippen molar-refractivity contribution in [3.63, 3.8) is 0 Å². The van der Waals surface area contributed by atoms with E-state index in [0.717, 1.165) is 73.6 Å². The average molecular weight is 518 g/mol. The molecule has 1 saturated heterocycles. The quantitative estimate of drug-likeness (QED) is 0.231. The summed E-state index contributed by atoms with van der Waals surface area (Å²) in [6.07, 6.45) is 0.325. The lowest BCUT2D eigenvalue weighted by molar-refractivity contribution is -0.137. The largest absolute Gasteiger partial charge is 0.416 e. The Morgan fingerprint density at radius 3 is 2.61 bits per heavy atom. The summed E-state index contributed by atoms with van der Waals surface area (Å²) in [5.74, 6) is 0.905. The maximum Gasteiger partial charge on any atom is 0.416 e. The van der Waals surface area contributed by atoms with E-state index < -0.39 is 11.7 Å². The molecule has 1 aliphatic heterocycles. The Labute approximate surface area is 215 Å². The van der Waals surface area contributed by atoms with E-state index in [0.29, 0.717) is 12.1 Å². The van der Waals surface area contributed by atoms with Crippen LogP contribution in [0.1, 0.15) is 49.0 Å². The summed E-state index contributed by atoms with van der Waals surface area (Å²) in [7, 11) is 0. The first kappa shape index (κ1) is 26.8. The number of anilines is 1. The van der Waals surface area contributed by atoms with E-state index in [9.17, 15) is 13.2 Å². The van der Waals surface area contributed by atoms with Gasteiger partial charge in [0.15, 0.2) is 0 Å². The summed E-state index contributed by atoms with van der Waals surface area (Å²) in [5.41, 5.74) is 3.53. The van der Waals surface area contributed by atoms with Crippen LogP contribution in [0.25, 0.3) is 10.9 Å². The van der Waals surface area contributed by atoms with Crippen LogP contribution >= 0.6 is 11.8 Å². The van der Waals surface area contributed by atoms with Crippen LogP contribution in [0.5, 0.6) is 0 Å². The summed E-state index contributed by atoms with van der Waals surface area (Å²) in [5, 5.41) is 4.17. The number of nitrogens with one attached hydrogen (secondary N) is 1. The molecule has 1 N–H and O–H groups in total. The molecule has 36 heavy (non-hydrogen) atoms. The molecule has 1 atom stereocenters. The predicted molar refractivity (Wildman–Crippen MR) is 142 cm³/mol. The van der Waals surface area contributed by atoms with Gasteiger partial charge in [-0.2, -0.15) is 13.2 Å². The van der Waals surface area contributed by atoms with Crippen LogP contribution in [0, 0.1) is 6.92 Å². The molecule has 4 rings (SSSR count). The Bertz CT molecular complexity index is 1150. The number of hydrogen-bond donors (Lipinski definition) is 1. The van der Waals surface area contributed by atoms with Gasteiger partial charge >= 0.3 is 6.18 Å². The van der Waals surface area contributed by atoms with Crippen molar-refractivity contribution >= 4 is 28.4 Å². The first-order valence-corrected chi connectivity index (χ1v) is 13.6. The molecule has 0 amide bonds. The van der Waals surface area contributed by atoms with Crippen LogP contribution in [0.4, 0.5) is 18.9 Å². The van der Waals surface area contributed by atoms with E-state index in [1.807, 2.05) is 6.07 Å². The summed E-state index contributed by atoms with van der Waals surface area (Å²) in [6, 6.07) is 12.3. The second-order valence-electron chi connectivity index (χ2n) is 9.24. The van der Waals surface area contributed by atoms with Crippen LogP contribution in [0.2, 0.25) is 0 Å². The second kappa shape index (κ2) is 12.3. The number of benzene rings is 2. The first-order chi connectivity index (χ1) is 17.3. The number of hydrogen-bond acceptors (Lipinski definition) is 5. The van der Waals surface area contributed by atoms with Gasteiger partial charge in [-0.1, -0.05) is 24.6 Å². The normalized spacial score (nSPS) is 15.4. The third-order valence-electron chi connectivity index (χ3n) is 6.59. The molecule has 1 aromatic heterocycles. The van der Waals surface area contributed by atoms with Gasteiger partial charge in [-0.3, -0.25) is 4.98 Å². The zero-order valence-electron chi connectivity index (χ0n) is 20.9. The number of aryl methyl sites for hydroxylation is 1. The number of nitrogens with zero attached hydrogens (tertiary/aromatic N) is 2. The molecule has 194 valence electrons. The van der Waals surface area contributed by atoms with Crippen LogP contribution in [-0.4, -0.2) is 43.5 Å². The lowest BCUT2D eigenvalue weighted by Gasteiger charge is -2.31. The minimum absolute atomic E-state index is 0.0555. The minimum Gasteiger partial charge on any atom is -0.374 e. The molecule has 2 aromatic carbocycles. The van der Waals surface area contributed by atoms with Gasteiger partial charge < -0.3 is 15.0 Å². The maximum absolute atomic E-state index is 13.0. The topological polar surface area (TPSA) is 37.4 Å². The predicted octanol–water partition coefficient (Wildman–Crippen LogP) is 7.01. The number of ether oxygens (including phenoxy) is 1. The van der Waals surface area contributed by atoms with E-state index in [1.165, 1.54) is 22.9 Å². The lowest BCUT2D eigenvalue weighted by atomic mass is 10.0. The monoisotopic (exact) mass is 517 g/mol. The van der Waals surface area contributed by atoms with Crippen LogP contribution < -0.4 is 10.2 Å². The van der Waals surface area contributed by atoms with Gasteiger partial charge in [-0.15, -0.1) is 11.8 Å². The van der Waals surface area contributed by atoms with Gasteiger partial charge in [0.25, 0.3) is 0 Å². The van der Waals surface area contributed by atoms with E-state index in [-0.39, 0.29) is 6.10 Å². The van der Waals surface area contributed by atoms with Crippen molar-refractivity contribution < 1.29 is 17.9 Å². The van der Waals surface area contributed by atoms with Crippen molar-refractivity contribution in [2.45, 2.75) is 50.3 Å². The van der Waals surface area contributed by atoms with E-state index in [2.05, 4.69) is 47.2 Å². The molecule has 8 heteroatoms. The molecule has 0 spiro atoms. The molecule has 4 nitrogen and oxygen atoms in total. The van der Waals surface area contributed by atoms with Crippen molar-refractivity contribution in [3.8, 4) is 0 Å². The maximum atomic E-state index is 13.0. The summed E-state index contributed by atoms with van der Waals surface area (Å²) in [6.45, 7) is 9.13. The molecule has 3 aromatic rings. The average Bonchev–Trinajstić information content (AvgIpc) is 2.87. The van der Waals surface area contributed by atoms with E-state index in [1.54, 1.807) is 18.0 Å². The highest BCUT2D eigenvalue weighted by atomic mass is 32.2. The summed E-state index contributed by atoms with van der Waals surface area (Å²) < 4.78 is 45.0. The van der Waals surface area contributed by atoms with Crippen LogP contribution in [0.15, 0.2) is 53.6 Å². The SMILES string of the molecule is Cc1cc(C(C)OCCCCCSc2ccnc3cc(C(F)(F)F)ccc23)ccc1N1CCNCC1. The van der Waals surface area contributed by atoms with E-state index >= 15 is 0 Å². The number of piperazine rings is 1. The first-order valence-electron chi connectivity index (χ1n) is 12.6. The number of halogens is 3. The number of thioether (sulfide) groups is 1. The molecular weight excluding hydrogens is 483 g/mol. The number of fused-ring (bicyclic) bond motifs is 1. The summed E-state index contributed by atoms with van der Waals surface area (Å²) in [4.78, 5) is 7.53. The minimum atomic E-state index is -4.36. The molecule has 0 saturated carbocycles. The highest BCUT2D eigenvalue weighted by Gasteiger charge is 2.30. The number of alkyl halides is 3. The van der Waals surface area contributed by atoms with Crippen LogP contribution in [-0.2, 0) is 10.9 Å². The Balaban J connectivity index is 1.18. The standard InChI is InChI=1S/C28H34F3N3OS/c1-20-18-22(6-9-26(20)34-14-12-32-13-15-34)21(2)35-16-4-3-5-17-36-27-10-11-33-25-19-23(28(29,30)31)7-8-24(25)27/h6-11,18-19,21,32H,3-5,12-17H2,1-2H3. The van der Waals surface area contributed by atoms with Crippen molar-refractivity contribution in [1.82, 2.24) is 10.3 Å². The number of unbranched alkanes of at least 4 members (excludes halogenated alkanes) is 2. The highest BCUT2D eigenvalue weighted by molar-refractivity contribution is 7.99. The van der Waals surface area contributed by atoms with Crippen molar-refractivity contribution in [1.29, 1.82) is 0 Å². The van der Waals surface area contributed by atoms with Gasteiger partial charge in [-0.25, -0.2) is 0 Å².